The van der Waals surface area contributed by atoms with Gasteiger partial charge in [0.05, 0.1) is 0 Å². The monoisotopic (exact) mass is 243 g/mol. The van der Waals surface area contributed by atoms with Crippen molar-refractivity contribution in [1.82, 2.24) is 5.32 Å². The molecule has 1 heterocycles. The fourth-order valence-corrected chi connectivity index (χ4v) is 1.75. The lowest BCUT2D eigenvalue weighted by atomic mass is 10.0. The zero-order valence-corrected chi connectivity index (χ0v) is 11.1. The van der Waals surface area contributed by atoms with E-state index in [1.165, 1.54) is 25.9 Å². The largest absolute Gasteiger partial charge is 0.317 e. The molecule has 84 valence electrons. The number of benzene rings is 1. The van der Waals surface area contributed by atoms with Crippen LogP contribution in [0, 0.1) is 5.92 Å². The average molecular weight is 244 g/mol. The summed E-state index contributed by atoms with van der Waals surface area (Å²) in [6.45, 7) is 4.79. The predicted octanol–water partition coefficient (Wildman–Crippen LogP) is 2.85. The maximum Gasteiger partial charge on any atom is 0.0406 e. The van der Waals surface area contributed by atoms with Gasteiger partial charge in [-0.25, -0.2) is 0 Å². The van der Waals surface area contributed by atoms with Crippen molar-refractivity contribution >= 4 is 26.1 Å². The van der Waals surface area contributed by atoms with E-state index in [2.05, 4.69) is 21.5 Å². The molecule has 1 aliphatic heterocycles. The average Bonchev–Trinajstić information content (AvgIpc) is 2.25. The van der Waals surface area contributed by atoms with Gasteiger partial charge < -0.3 is 5.32 Å². The number of rotatable bonds is 0. The smallest absolute Gasteiger partial charge is 0.0406 e. The SMILES string of the molecule is CC1CCNCC1.Pc1ccc(Cl)cc1. The first kappa shape index (κ1) is 13.0. The third-order valence-electron chi connectivity index (χ3n) is 2.50. The van der Waals surface area contributed by atoms with E-state index in [0.717, 1.165) is 16.2 Å². The summed E-state index contributed by atoms with van der Waals surface area (Å²) in [5.74, 6) is 0.973. The van der Waals surface area contributed by atoms with Gasteiger partial charge in [-0.15, -0.1) is 9.24 Å². The van der Waals surface area contributed by atoms with Gasteiger partial charge in [-0.05, 0) is 49.3 Å². The van der Waals surface area contributed by atoms with Crippen LogP contribution in [0.5, 0.6) is 0 Å². The molecule has 1 saturated heterocycles. The maximum absolute atomic E-state index is 5.60. The summed E-state index contributed by atoms with van der Waals surface area (Å²) in [4.78, 5) is 0. The first-order valence-corrected chi connectivity index (χ1v) is 6.36. The molecule has 1 aliphatic rings. The topological polar surface area (TPSA) is 12.0 Å². The first-order valence-electron chi connectivity index (χ1n) is 5.40. The number of hydrogen-bond donors (Lipinski definition) is 1. The third kappa shape index (κ3) is 6.14. The number of nitrogens with one attached hydrogen (secondary N) is 1. The van der Waals surface area contributed by atoms with Gasteiger partial charge in [-0.2, -0.15) is 0 Å². The number of hydrogen-bond acceptors (Lipinski definition) is 1. The van der Waals surface area contributed by atoms with Crippen LogP contribution in [0.25, 0.3) is 0 Å². The molecule has 0 spiro atoms. The van der Waals surface area contributed by atoms with Crippen LogP contribution in [0.1, 0.15) is 19.8 Å². The molecule has 2 rings (SSSR count). The van der Waals surface area contributed by atoms with Crippen LogP contribution in [0.4, 0.5) is 0 Å². The summed E-state index contributed by atoms with van der Waals surface area (Å²) in [6, 6.07) is 7.63. The second-order valence-electron chi connectivity index (χ2n) is 3.98. The van der Waals surface area contributed by atoms with Crippen molar-refractivity contribution < 1.29 is 0 Å². The zero-order chi connectivity index (χ0) is 11.1. The minimum absolute atomic E-state index is 0.788. The Hall–Kier alpha value is -0.100. The van der Waals surface area contributed by atoms with Crippen molar-refractivity contribution in [2.45, 2.75) is 19.8 Å². The standard InChI is InChI=1S/C6H6ClP.C6H13N/c7-5-1-3-6(8)4-2-5;1-6-2-4-7-5-3-6/h1-4H,8H2;6-7H,2-5H2,1H3. The van der Waals surface area contributed by atoms with Crippen LogP contribution in [-0.4, -0.2) is 13.1 Å². The van der Waals surface area contributed by atoms with Gasteiger partial charge >= 0.3 is 0 Å². The van der Waals surface area contributed by atoms with Crippen molar-refractivity contribution in [3.63, 3.8) is 0 Å². The van der Waals surface area contributed by atoms with Crippen LogP contribution in [0.15, 0.2) is 24.3 Å². The Kier molecular flexibility index (Phi) is 6.24. The molecule has 0 saturated carbocycles. The zero-order valence-electron chi connectivity index (χ0n) is 9.17. The van der Waals surface area contributed by atoms with Crippen LogP contribution >= 0.6 is 20.8 Å². The molecule has 15 heavy (non-hydrogen) atoms. The first-order chi connectivity index (χ1) is 7.18. The van der Waals surface area contributed by atoms with Crippen LogP contribution in [0.3, 0.4) is 0 Å². The normalized spacial score (nSPS) is 16.7. The number of piperidine rings is 1. The fourth-order valence-electron chi connectivity index (χ4n) is 1.43. The minimum Gasteiger partial charge on any atom is -0.317 e. The van der Waals surface area contributed by atoms with Crippen LogP contribution in [-0.2, 0) is 0 Å². The Morgan fingerprint density at radius 3 is 2.07 bits per heavy atom. The highest BCUT2D eigenvalue weighted by Gasteiger charge is 2.04. The van der Waals surface area contributed by atoms with Gasteiger partial charge in [0.1, 0.15) is 0 Å². The van der Waals surface area contributed by atoms with Gasteiger partial charge in [-0.3, -0.25) is 0 Å². The lowest BCUT2D eigenvalue weighted by Gasteiger charge is -2.17. The number of halogens is 1. The molecular weight excluding hydrogens is 225 g/mol. The van der Waals surface area contributed by atoms with Crippen LogP contribution < -0.4 is 10.6 Å². The minimum atomic E-state index is 0.788. The quantitative estimate of drug-likeness (QED) is 0.691. The molecule has 0 aliphatic carbocycles. The van der Waals surface area contributed by atoms with Gasteiger partial charge in [0.2, 0.25) is 0 Å². The van der Waals surface area contributed by atoms with Crippen molar-refractivity contribution in [2.75, 3.05) is 13.1 Å². The molecule has 0 bridgehead atoms. The molecular formula is C12H19ClNP. The van der Waals surface area contributed by atoms with E-state index in [-0.39, 0.29) is 0 Å². The summed E-state index contributed by atoms with van der Waals surface area (Å²) in [6.07, 6.45) is 2.75. The molecule has 1 atom stereocenters. The van der Waals surface area contributed by atoms with Crippen molar-refractivity contribution in [3.8, 4) is 0 Å². The fraction of sp³-hybridized carbons (Fsp3) is 0.500. The Balaban J connectivity index is 0.000000151. The summed E-state index contributed by atoms with van der Waals surface area (Å²) < 4.78 is 0. The lowest BCUT2D eigenvalue weighted by molar-refractivity contribution is 0.402. The van der Waals surface area contributed by atoms with E-state index < -0.39 is 0 Å². The highest BCUT2D eigenvalue weighted by molar-refractivity contribution is 7.27. The molecule has 0 amide bonds. The molecule has 1 nitrogen and oxygen atoms in total. The summed E-state index contributed by atoms with van der Waals surface area (Å²) >= 11 is 5.60. The second-order valence-corrected chi connectivity index (χ2v) is 5.09. The molecule has 0 radical (unpaired) electrons. The third-order valence-corrected chi connectivity index (χ3v) is 3.13. The predicted molar refractivity (Wildman–Crippen MR) is 72.1 cm³/mol. The maximum atomic E-state index is 5.60. The molecule has 0 aromatic heterocycles. The van der Waals surface area contributed by atoms with E-state index in [9.17, 15) is 0 Å². The Morgan fingerprint density at radius 1 is 1.20 bits per heavy atom. The molecule has 1 unspecified atom stereocenters. The van der Waals surface area contributed by atoms with Gasteiger partial charge in [0.15, 0.2) is 0 Å². The highest BCUT2D eigenvalue weighted by Crippen LogP contribution is 2.08. The van der Waals surface area contributed by atoms with Crippen LogP contribution in [0.2, 0.25) is 5.02 Å². The van der Waals surface area contributed by atoms with Gasteiger partial charge in [-0.1, -0.05) is 30.7 Å². The van der Waals surface area contributed by atoms with Gasteiger partial charge in [0.25, 0.3) is 0 Å². The van der Waals surface area contributed by atoms with E-state index in [1.54, 1.807) is 0 Å². The second kappa shape index (κ2) is 7.22. The van der Waals surface area contributed by atoms with Crippen molar-refractivity contribution in [1.29, 1.82) is 0 Å². The van der Waals surface area contributed by atoms with E-state index in [0.29, 0.717) is 0 Å². The lowest BCUT2D eigenvalue weighted by Crippen LogP contribution is -2.26. The molecule has 1 N–H and O–H groups in total. The highest BCUT2D eigenvalue weighted by atomic mass is 35.5. The Bertz CT molecular complexity index is 246. The summed E-state index contributed by atoms with van der Waals surface area (Å²) in [7, 11) is 2.59. The van der Waals surface area contributed by atoms with Crippen molar-refractivity contribution in [3.05, 3.63) is 29.3 Å². The molecule has 1 fully saturated rings. The summed E-state index contributed by atoms with van der Waals surface area (Å²) in [5, 5.41) is 5.26. The van der Waals surface area contributed by atoms with E-state index in [1.807, 2.05) is 24.3 Å². The summed E-state index contributed by atoms with van der Waals surface area (Å²) in [5.41, 5.74) is 0. The molecule has 1 aromatic rings. The molecule has 3 heteroatoms. The van der Waals surface area contributed by atoms with Gasteiger partial charge in [0, 0.05) is 5.02 Å². The Morgan fingerprint density at radius 2 is 1.73 bits per heavy atom. The van der Waals surface area contributed by atoms with E-state index >= 15 is 0 Å². The Labute approximate surface area is 99.8 Å². The molecule has 1 aromatic carbocycles. The van der Waals surface area contributed by atoms with E-state index in [4.69, 9.17) is 11.6 Å². The van der Waals surface area contributed by atoms with Crippen molar-refractivity contribution in [2.24, 2.45) is 5.92 Å².